The summed E-state index contributed by atoms with van der Waals surface area (Å²) in [6.07, 6.45) is 15.8. The van der Waals surface area contributed by atoms with E-state index in [4.69, 9.17) is 4.74 Å². The van der Waals surface area contributed by atoms with Crippen molar-refractivity contribution in [1.29, 1.82) is 0 Å². The highest BCUT2D eigenvalue weighted by atomic mass is 16.6. The van der Waals surface area contributed by atoms with Crippen LogP contribution in [0.2, 0.25) is 0 Å². The maximum absolute atomic E-state index is 13.0. The van der Waals surface area contributed by atoms with Crippen molar-refractivity contribution < 1.29 is 9.53 Å². The number of allylic oxidation sites excluding steroid dienone is 2. The lowest BCUT2D eigenvalue weighted by molar-refractivity contribution is -0.0722. The van der Waals surface area contributed by atoms with Crippen LogP contribution >= 0.6 is 0 Å². The van der Waals surface area contributed by atoms with Gasteiger partial charge in [0, 0.05) is 37.2 Å². The Bertz CT molecular complexity index is 666. The molecule has 3 rings (SSSR count). The van der Waals surface area contributed by atoms with E-state index >= 15 is 0 Å². The Morgan fingerprint density at radius 1 is 1.20 bits per heavy atom. The molecule has 2 aliphatic heterocycles. The molecule has 0 N–H and O–H groups in total. The van der Waals surface area contributed by atoms with Crippen LogP contribution in [0.1, 0.15) is 45.6 Å². The first kappa shape index (κ1) is 17.5. The van der Waals surface area contributed by atoms with Gasteiger partial charge in [0.15, 0.2) is 0 Å². The molecule has 1 unspecified atom stereocenters. The molecule has 1 aromatic rings. The summed E-state index contributed by atoms with van der Waals surface area (Å²) in [5.74, 6) is 0. The van der Waals surface area contributed by atoms with Crippen molar-refractivity contribution in [1.82, 2.24) is 19.8 Å². The highest BCUT2D eigenvalue weighted by molar-refractivity contribution is 5.70. The number of hydrogen-bond donors (Lipinski definition) is 0. The fraction of sp³-hybridized carbons (Fsp3) is 0.526. The highest BCUT2D eigenvalue weighted by Crippen LogP contribution is 2.42. The standard InChI is InChI=1S/C19H26N4O2/c1-18(2,3)25-17(24)23-12-8-5-9-19(23,16-13-20-15-21-14-16)22-10-6-4-7-11-22/h4,6-7,10,13-15H,5,8-9,11-12H2,1-3H3. The molecule has 0 spiro atoms. The Morgan fingerprint density at radius 3 is 2.60 bits per heavy atom. The van der Waals surface area contributed by atoms with Gasteiger partial charge in [-0.15, -0.1) is 0 Å². The first-order chi connectivity index (χ1) is 11.9. The molecule has 0 saturated carbocycles. The molecular formula is C19H26N4O2. The van der Waals surface area contributed by atoms with Crippen LogP contribution in [0.25, 0.3) is 0 Å². The van der Waals surface area contributed by atoms with E-state index in [9.17, 15) is 4.79 Å². The second-order valence-electron chi connectivity index (χ2n) is 7.45. The monoisotopic (exact) mass is 342 g/mol. The first-order valence-electron chi connectivity index (χ1n) is 8.80. The molecular weight excluding hydrogens is 316 g/mol. The average Bonchev–Trinajstić information content (AvgIpc) is 2.61. The van der Waals surface area contributed by atoms with Gasteiger partial charge in [-0.25, -0.2) is 14.8 Å². The number of carbonyl (C=O) groups excluding carboxylic acids is 1. The summed E-state index contributed by atoms with van der Waals surface area (Å²) in [6.45, 7) is 7.06. The predicted octanol–water partition coefficient (Wildman–Crippen LogP) is 3.44. The predicted molar refractivity (Wildman–Crippen MR) is 95.5 cm³/mol. The molecule has 1 atom stereocenters. The molecule has 25 heavy (non-hydrogen) atoms. The number of nitrogens with zero attached hydrogens (tertiary/aromatic N) is 4. The van der Waals surface area contributed by atoms with Crippen molar-refractivity contribution in [3.05, 3.63) is 48.7 Å². The molecule has 1 fully saturated rings. The van der Waals surface area contributed by atoms with Crippen LogP contribution in [0.4, 0.5) is 4.79 Å². The van der Waals surface area contributed by atoms with Crippen LogP contribution in [0, 0.1) is 0 Å². The van der Waals surface area contributed by atoms with Crippen molar-refractivity contribution >= 4 is 6.09 Å². The van der Waals surface area contributed by atoms with E-state index in [1.807, 2.05) is 56.4 Å². The second kappa shape index (κ2) is 6.86. The van der Waals surface area contributed by atoms with Gasteiger partial charge in [-0.3, -0.25) is 4.90 Å². The molecule has 0 bridgehead atoms. The molecule has 134 valence electrons. The Kier molecular flexibility index (Phi) is 4.79. The van der Waals surface area contributed by atoms with Crippen LogP contribution in [0.3, 0.4) is 0 Å². The summed E-state index contributed by atoms with van der Waals surface area (Å²) in [5, 5.41) is 0. The number of ether oxygens (including phenoxy) is 1. The SMILES string of the molecule is CC(C)(C)OC(=O)N1CCCCC1(c1cncnc1)N1C=CC=CC1. The van der Waals surface area contributed by atoms with Gasteiger partial charge >= 0.3 is 6.09 Å². The molecule has 6 nitrogen and oxygen atoms in total. The fourth-order valence-electron chi connectivity index (χ4n) is 3.53. The lowest BCUT2D eigenvalue weighted by atomic mass is 9.88. The van der Waals surface area contributed by atoms with E-state index in [2.05, 4.69) is 20.9 Å². The molecule has 1 amide bonds. The number of likely N-dealkylation sites (tertiary alicyclic amines) is 1. The van der Waals surface area contributed by atoms with E-state index < -0.39 is 11.3 Å². The summed E-state index contributed by atoms with van der Waals surface area (Å²) in [5.41, 5.74) is -0.241. The molecule has 0 aromatic carbocycles. The van der Waals surface area contributed by atoms with Crippen molar-refractivity contribution in [3.8, 4) is 0 Å². The molecule has 0 radical (unpaired) electrons. The van der Waals surface area contributed by atoms with E-state index in [0.29, 0.717) is 6.54 Å². The van der Waals surface area contributed by atoms with E-state index in [1.165, 1.54) is 6.33 Å². The van der Waals surface area contributed by atoms with Crippen LogP contribution in [0.15, 0.2) is 43.1 Å². The average molecular weight is 342 g/mol. The van der Waals surface area contributed by atoms with Crippen LogP contribution in [-0.4, -0.2) is 44.6 Å². The smallest absolute Gasteiger partial charge is 0.412 e. The summed E-state index contributed by atoms with van der Waals surface area (Å²) >= 11 is 0. The van der Waals surface area contributed by atoms with Gasteiger partial charge in [0.25, 0.3) is 0 Å². The number of carbonyl (C=O) groups is 1. The summed E-state index contributed by atoms with van der Waals surface area (Å²) in [6, 6.07) is 0. The summed E-state index contributed by atoms with van der Waals surface area (Å²) in [7, 11) is 0. The van der Waals surface area contributed by atoms with Crippen molar-refractivity contribution in [2.45, 2.75) is 51.3 Å². The number of amides is 1. The van der Waals surface area contributed by atoms with Gasteiger partial charge in [0.05, 0.1) is 0 Å². The zero-order valence-corrected chi connectivity index (χ0v) is 15.2. The first-order valence-corrected chi connectivity index (χ1v) is 8.80. The molecule has 0 aliphatic carbocycles. The zero-order chi connectivity index (χ0) is 17.9. The Morgan fingerprint density at radius 2 is 1.96 bits per heavy atom. The quantitative estimate of drug-likeness (QED) is 0.824. The van der Waals surface area contributed by atoms with Gasteiger partial charge in [0.2, 0.25) is 0 Å². The van der Waals surface area contributed by atoms with E-state index in [-0.39, 0.29) is 6.09 Å². The maximum atomic E-state index is 13.0. The van der Waals surface area contributed by atoms with Crippen molar-refractivity contribution in [2.75, 3.05) is 13.1 Å². The minimum absolute atomic E-state index is 0.293. The third kappa shape index (κ3) is 3.52. The van der Waals surface area contributed by atoms with Crippen LogP contribution in [0.5, 0.6) is 0 Å². The lowest BCUT2D eigenvalue weighted by Gasteiger charge is -2.53. The van der Waals surface area contributed by atoms with Crippen molar-refractivity contribution in [3.63, 3.8) is 0 Å². The van der Waals surface area contributed by atoms with Crippen LogP contribution in [-0.2, 0) is 10.4 Å². The number of hydrogen-bond acceptors (Lipinski definition) is 5. The van der Waals surface area contributed by atoms with Crippen molar-refractivity contribution in [2.24, 2.45) is 0 Å². The van der Waals surface area contributed by atoms with Gasteiger partial charge < -0.3 is 9.64 Å². The van der Waals surface area contributed by atoms with Gasteiger partial charge in [-0.05, 0) is 46.1 Å². The fourth-order valence-corrected chi connectivity index (χ4v) is 3.53. The highest BCUT2D eigenvalue weighted by Gasteiger charge is 2.48. The molecule has 2 aliphatic rings. The topological polar surface area (TPSA) is 58.6 Å². The Balaban J connectivity index is 2.05. The third-order valence-electron chi connectivity index (χ3n) is 4.53. The number of aromatic nitrogens is 2. The maximum Gasteiger partial charge on any atom is 0.412 e. The number of piperidine rings is 1. The largest absolute Gasteiger partial charge is 0.444 e. The second-order valence-corrected chi connectivity index (χ2v) is 7.45. The lowest BCUT2D eigenvalue weighted by Crippen LogP contribution is -2.61. The van der Waals surface area contributed by atoms with E-state index in [0.717, 1.165) is 31.4 Å². The minimum Gasteiger partial charge on any atom is -0.444 e. The molecule has 1 aromatic heterocycles. The summed E-state index contributed by atoms with van der Waals surface area (Å²) in [4.78, 5) is 25.5. The van der Waals surface area contributed by atoms with Gasteiger partial charge in [-0.1, -0.05) is 12.2 Å². The third-order valence-corrected chi connectivity index (χ3v) is 4.53. The van der Waals surface area contributed by atoms with Gasteiger partial charge in [0.1, 0.15) is 17.6 Å². The van der Waals surface area contributed by atoms with Gasteiger partial charge in [-0.2, -0.15) is 0 Å². The van der Waals surface area contributed by atoms with E-state index in [1.54, 1.807) is 0 Å². The number of rotatable bonds is 2. The van der Waals surface area contributed by atoms with Crippen LogP contribution < -0.4 is 0 Å². The minimum atomic E-state index is -0.622. The Hall–Kier alpha value is -2.37. The Labute approximate surface area is 149 Å². The molecule has 1 saturated heterocycles. The molecule has 6 heteroatoms. The zero-order valence-electron chi connectivity index (χ0n) is 15.2. The summed E-state index contributed by atoms with van der Waals surface area (Å²) < 4.78 is 5.72. The molecule has 3 heterocycles. The normalized spacial score (nSPS) is 23.6.